The first-order valence-corrected chi connectivity index (χ1v) is 9.26. The minimum Gasteiger partial charge on any atom is -0.496 e. The Labute approximate surface area is 152 Å². The van der Waals surface area contributed by atoms with Crippen LogP contribution < -0.4 is 10.1 Å². The number of ether oxygens (including phenoxy) is 1. The summed E-state index contributed by atoms with van der Waals surface area (Å²) in [4.78, 5) is 16.8. The zero-order chi connectivity index (χ0) is 18.4. The van der Waals surface area contributed by atoms with Gasteiger partial charge in [0.1, 0.15) is 5.75 Å². The fourth-order valence-corrected chi connectivity index (χ4v) is 3.05. The number of carbonyl (C=O) groups excluding carboxylic acids is 1. The Balaban J connectivity index is 1.80. The highest BCUT2D eigenvalue weighted by molar-refractivity contribution is 5.78. The monoisotopic (exact) mass is 347 g/mol. The van der Waals surface area contributed by atoms with Crippen molar-refractivity contribution in [2.75, 3.05) is 39.8 Å². The molecule has 0 unspecified atom stereocenters. The van der Waals surface area contributed by atoms with Gasteiger partial charge in [0.05, 0.1) is 13.7 Å². The molecule has 0 spiro atoms. The van der Waals surface area contributed by atoms with Gasteiger partial charge < -0.3 is 10.1 Å². The van der Waals surface area contributed by atoms with Crippen LogP contribution in [0.5, 0.6) is 5.75 Å². The first kappa shape index (κ1) is 19.7. The van der Waals surface area contributed by atoms with Crippen molar-refractivity contribution in [3.8, 4) is 5.75 Å². The second kappa shape index (κ2) is 9.20. The van der Waals surface area contributed by atoms with Gasteiger partial charge in [-0.05, 0) is 25.8 Å². The number of benzene rings is 1. The molecule has 2 rings (SSSR count). The highest BCUT2D eigenvalue weighted by atomic mass is 16.5. The van der Waals surface area contributed by atoms with Gasteiger partial charge >= 0.3 is 0 Å². The largest absolute Gasteiger partial charge is 0.496 e. The zero-order valence-electron chi connectivity index (χ0n) is 16.3. The number of nitrogens with one attached hydrogen (secondary N) is 1. The predicted octanol–water partition coefficient (Wildman–Crippen LogP) is 2.28. The molecule has 140 valence electrons. The second-order valence-electron chi connectivity index (χ2n) is 7.47. The van der Waals surface area contributed by atoms with Gasteiger partial charge in [-0.3, -0.25) is 14.6 Å². The highest BCUT2D eigenvalue weighted by Gasteiger charge is 2.21. The van der Waals surface area contributed by atoms with Gasteiger partial charge in [-0.25, -0.2) is 0 Å². The highest BCUT2D eigenvalue weighted by Crippen LogP contribution is 2.22. The van der Waals surface area contributed by atoms with Crippen molar-refractivity contribution in [1.29, 1.82) is 0 Å². The van der Waals surface area contributed by atoms with Crippen molar-refractivity contribution >= 4 is 5.91 Å². The molecule has 1 aliphatic rings. The molecule has 0 aliphatic carbocycles. The van der Waals surface area contributed by atoms with Gasteiger partial charge in [0, 0.05) is 44.3 Å². The van der Waals surface area contributed by atoms with Crippen LogP contribution in [-0.4, -0.2) is 61.6 Å². The van der Waals surface area contributed by atoms with E-state index in [4.69, 9.17) is 4.74 Å². The van der Waals surface area contributed by atoms with E-state index >= 15 is 0 Å². The minimum atomic E-state index is 0.134. The molecule has 1 saturated heterocycles. The summed E-state index contributed by atoms with van der Waals surface area (Å²) >= 11 is 0. The quantitative estimate of drug-likeness (QED) is 0.822. The first-order valence-electron chi connectivity index (χ1n) is 9.26. The maximum Gasteiger partial charge on any atom is 0.234 e. The number of amides is 1. The molecule has 0 saturated carbocycles. The van der Waals surface area contributed by atoms with E-state index in [0.717, 1.165) is 38.5 Å². The van der Waals surface area contributed by atoms with Crippen molar-refractivity contribution in [2.45, 2.75) is 40.3 Å². The molecule has 1 fully saturated rings. The summed E-state index contributed by atoms with van der Waals surface area (Å²) < 4.78 is 5.48. The Morgan fingerprint density at radius 3 is 2.40 bits per heavy atom. The van der Waals surface area contributed by atoms with Crippen LogP contribution in [-0.2, 0) is 11.3 Å². The fraction of sp³-hybridized carbons (Fsp3) is 0.650. The maximum absolute atomic E-state index is 12.1. The average molecular weight is 348 g/mol. The maximum atomic E-state index is 12.1. The molecule has 1 amide bonds. The van der Waals surface area contributed by atoms with Crippen LogP contribution in [0.25, 0.3) is 0 Å². The molecule has 5 nitrogen and oxygen atoms in total. The molecule has 0 radical (unpaired) electrons. The molecule has 1 heterocycles. The number of rotatable bonds is 7. The SMILES string of the molecule is COc1ccc(C)cc1CN1CCN(CC(=O)N[C@H](C)C(C)C)CC1. The number of aryl methyl sites for hydroxylation is 1. The summed E-state index contributed by atoms with van der Waals surface area (Å²) in [6.07, 6.45) is 0. The molecule has 0 bridgehead atoms. The van der Waals surface area contributed by atoms with Crippen molar-refractivity contribution < 1.29 is 9.53 Å². The van der Waals surface area contributed by atoms with Gasteiger partial charge in [0.15, 0.2) is 0 Å². The third-order valence-electron chi connectivity index (χ3n) is 5.05. The van der Waals surface area contributed by atoms with Crippen LogP contribution in [0.2, 0.25) is 0 Å². The van der Waals surface area contributed by atoms with E-state index in [1.54, 1.807) is 7.11 Å². The molecule has 1 aliphatic heterocycles. The van der Waals surface area contributed by atoms with Crippen LogP contribution in [0.3, 0.4) is 0 Å². The van der Waals surface area contributed by atoms with Crippen LogP contribution in [0.4, 0.5) is 0 Å². The van der Waals surface area contributed by atoms with E-state index in [1.807, 2.05) is 6.07 Å². The van der Waals surface area contributed by atoms with E-state index in [9.17, 15) is 4.79 Å². The Hall–Kier alpha value is -1.59. The number of hydrogen-bond donors (Lipinski definition) is 1. The van der Waals surface area contributed by atoms with E-state index < -0.39 is 0 Å². The summed E-state index contributed by atoms with van der Waals surface area (Å²) in [6, 6.07) is 6.55. The van der Waals surface area contributed by atoms with Crippen molar-refractivity contribution in [1.82, 2.24) is 15.1 Å². The van der Waals surface area contributed by atoms with Crippen molar-refractivity contribution in [3.05, 3.63) is 29.3 Å². The molecule has 1 aromatic rings. The smallest absolute Gasteiger partial charge is 0.234 e. The van der Waals surface area contributed by atoms with E-state index in [0.29, 0.717) is 12.5 Å². The fourth-order valence-electron chi connectivity index (χ4n) is 3.05. The summed E-state index contributed by atoms with van der Waals surface area (Å²) in [7, 11) is 1.73. The van der Waals surface area contributed by atoms with E-state index in [2.05, 4.69) is 54.9 Å². The molecule has 1 N–H and O–H groups in total. The van der Waals surface area contributed by atoms with Crippen LogP contribution in [0, 0.1) is 12.8 Å². The Morgan fingerprint density at radius 1 is 1.16 bits per heavy atom. The molecule has 5 heteroatoms. The third-order valence-corrected chi connectivity index (χ3v) is 5.05. The number of carbonyl (C=O) groups is 1. The molecular weight excluding hydrogens is 314 g/mol. The Kier molecular flexibility index (Phi) is 7.26. The number of nitrogens with zero attached hydrogens (tertiary/aromatic N) is 2. The van der Waals surface area contributed by atoms with Crippen LogP contribution >= 0.6 is 0 Å². The lowest BCUT2D eigenvalue weighted by Crippen LogP contribution is -2.50. The first-order chi connectivity index (χ1) is 11.9. The summed E-state index contributed by atoms with van der Waals surface area (Å²) in [5, 5.41) is 3.09. The molecule has 1 aromatic carbocycles. The topological polar surface area (TPSA) is 44.8 Å². The van der Waals surface area contributed by atoms with E-state index in [1.165, 1.54) is 11.1 Å². The number of methoxy groups -OCH3 is 1. The molecular formula is C20H33N3O2. The minimum absolute atomic E-state index is 0.134. The van der Waals surface area contributed by atoms with Crippen molar-refractivity contribution in [3.63, 3.8) is 0 Å². The third kappa shape index (κ3) is 6.01. The number of hydrogen-bond acceptors (Lipinski definition) is 4. The molecule has 25 heavy (non-hydrogen) atoms. The summed E-state index contributed by atoms with van der Waals surface area (Å²) in [5.41, 5.74) is 2.49. The number of piperazine rings is 1. The molecule has 1 atom stereocenters. The summed E-state index contributed by atoms with van der Waals surface area (Å²) in [5.74, 6) is 1.55. The average Bonchev–Trinajstić information content (AvgIpc) is 2.56. The lowest BCUT2D eigenvalue weighted by molar-refractivity contribution is -0.123. The Bertz CT molecular complexity index is 566. The van der Waals surface area contributed by atoms with Crippen LogP contribution in [0.15, 0.2) is 18.2 Å². The van der Waals surface area contributed by atoms with Crippen molar-refractivity contribution in [2.24, 2.45) is 5.92 Å². The lowest BCUT2D eigenvalue weighted by Gasteiger charge is -2.34. The van der Waals surface area contributed by atoms with Gasteiger partial charge in [-0.2, -0.15) is 0 Å². The van der Waals surface area contributed by atoms with Gasteiger partial charge in [-0.15, -0.1) is 0 Å². The van der Waals surface area contributed by atoms with Gasteiger partial charge in [-0.1, -0.05) is 31.5 Å². The molecule has 0 aromatic heterocycles. The standard InChI is InChI=1S/C20H33N3O2/c1-15(2)17(4)21-20(24)14-23-10-8-22(9-11-23)13-18-12-16(3)6-7-19(18)25-5/h6-7,12,15,17H,8-11,13-14H2,1-5H3,(H,21,24)/t17-/m1/s1. The Morgan fingerprint density at radius 2 is 1.80 bits per heavy atom. The van der Waals surface area contributed by atoms with Gasteiger partial charge in [0.25, 0.3) is 0 Å². The predicted molar refractivity (Wildman–Crippen MR) is 102 cm³/mol. The summed E-state index contributed by atoms with van der Waals surface area (Å²) in [6.45, 7) is 13.6. The lowest BCUT2D eigenvalue weighted by atomic mass is 10.1. The van der Waals surface area contributed by atoms with E-state index in [-0.39, 0.29) is 11.9 Å². The van der Waals surface area contributed by atoms with Crippen LogP contribution in [0.1, 0.15) is 31.9 Å². The normalized spacial score (nSPS) is 17.5. The zero-order valence-corrected chi connectivity index (χ0v) is 16.3. The second-order valence-corrected chi connectivity index (χ2v) is 7.47. The van der Waals surface area contributed by atoms with Gasteiger partial charge in [0.2, 0.25) is 5.91 Å².